The van der Waals surface area contributed by atoms with Gasteiger partial charge in [-0.1, -0.05) is 5.92 Å². The largest absolute Gasteiger partial charge is 0.392 e. The molecule has 12 nitrogen and oxygen atoms in total. The Morgan fingerprint density at radius 1 is 1.12 bits per heavy atom. The number of pyridine rings is 3. The maximum absolute atomic E-state index is 14.2. The van der Waals surface area contributed by atoms with Crippen molar-refractivity contribution in [3.63, 3.8) is 0 Å². The van der Waals surface area contributed by atoms with Crippen LogP contribution in [0.25, 0.3) is 11.1 Å². The van der Waals surface area contributed by atoms with Gasteiger partial charge in [0, 0.05) is 75.4 Å². The van der Waals surface area contributed by atoms with Crippen LogP contribution in [0.15, 0.2) is 53.7 Å². The van der Waals surface area contributed by atoms with E-state index >= 15 is 0 Å². The number of hydrogen-bond acceptors (Lipinski definition) is 9. The van der Waals surface area contributed by atoms with E-state index in [0.717, 1.165) is 44.1 Å². The highest BCUT2D eigenvalue weighted by Crippen LogP contribution is 2.38. The first-order valence-electron chi connectivity index (χ1n) is 17.1. The molecule has 4 aromatic heterocycles. The van der Waals surface area contributed by atoms with Crippen molar-refractivity contribution in [2.45, 2.75) is 50.4 Å². The Bertz CT molecular complexity index is 2100. The van der Waals surface area contributed by atoms with E-state index in [-0.39, 0.29) is 54.8 Å². The lowest BCUT2D eigenvalue weighted by Crippen LogP contribution is -2.60. The molecule has 8 rings (SSSR count). The molecule has 51 heavy (non-hydrogen) atoms. The van der Waals surface area contributed by atoms with Crippen molar-refractivity contribution in [3.05, 3.63) is 81.8 Å². The number of amides is 1. The lowest BCUT2D eigenvalue weighted by Gasteiger charge is -2.45. The van der Waals surface area contributed by atoms with Gasteiger partial charge in [0.15, 0.2) is 0 Å². The van der Waals surface area contributed by atoms with E-state index in [4.69, 9.17) is 11.2 Å². The number of aliphatic hydroxyl groups is 1. The minimum absolute atomic E-state index is 0.0982. The van der Waals surface area contributed by atoms with Crippen LogP contribution >= 0.6 is 0 Å². The van der Waals surface area contributed by atoms with Crippen LogP contribution in [0, 0.1) is 12.3 Å². The Balaban J connectivity index is 1.04. The lowest BCUT2D eigenvalue weighted by atomic mass is 9.94. The maximum Gasteiger partial charge on any atom is 0.276 e. The number of carbonyl (C=O) groups is 1. The number of aryl methyl sites for hydroxylation is 2. The van der Waals surface area contributed by atoms with Crippen LogP contribution in [0.5, 0.6) is 0 Å². The normalized spacial score (nSPS) is 20.4. The molecular weight excluding hydrogens is 658 g/mol. The van der Waals surface area contributed by atoms with Gasteiger partial charge in [-0.05, 0) is 47.9 Å². The molecule has 264 valence electrons. The molecule has 0 saturated carbocycles. The number of ether oxygens (including phenoxy) is 1. The molecule has 1 amide bonds. The number of aromatic nitrogens is 4. The second-order valence-electron chi connectivity index (χ2n) is 13.6. The van der Waals surface area contributed by atoms with Gasteiger partial charge in [-0.25, -0.2) is 18.7 Å². The fraction of sp³-hybridized carbons (Fsp3) is 0.405. The van der Waals surface area contributed by atoms with Crippen LogP contribution in [0.3, 0.4) is 0 Å². The second kappa shape index (κ2) is 12.9. The highest BCUT2D eigenvalue weighted by atomic mass is 19.3. The third-order valence-corrected chi connectivity index (χ3v) is 10.5. The van der Waals surface area contributed by atoms with Gasteiger partial charge in [-0.3, -0.25) is 19.4 Å². The predicted molar refractivity (Wildman–Crippen MR) is 188 cm³/mol. The summed E-state index contributed by atoms with van der Waals surface area (Å²) < 4.78 is 37.0. The Labute approximate surface area is 293 Å². The number of hydrogen-bond donors (Lipinski definition) is 2. The molecule has 7 heterocycles. The summed E-state index contributed by atoms with van der Waals surface area (Å²) in [7, 11) is 1.64. The molecule has 0 radical (unpaired) electrons. The molecule has 2 saturated heterocycles. The van der Waals surface area contributed by atoms with Gasteiger partial charge in [0.05, 0.1) is 44.2 Å². The fourth-order valence-electron chi connectivity index (χ4n) is 7.67. The van der Waals surface area contributed by atoms with Crippen molar-refractivity contribution < 1.29 is 23.4 Å². The highest BCUT2D eigenvalue weighted by molar-refractivity contribution is 6.06. The van der Waals surface area contributed by atoms with Crippen LogP contribution in [0.1, 0.15) is 33.7 Å². The Hall–Kier alpha value is -5.10. The fourth-order valence-corrected chi connectivity index (χ4v) is 7.67. The molecule has 0 spiro atoms. The van der Waals surface area contributed by atoms with Crippen molar-refractivity contribution in [3.8, 4) is 23.5 Å². The number of terminal acetylenes is 1. The first-order chi connectivity index (χ1) is 24.6. The molecule has 2 N–H and O–H groups in total. The van der Waals surface area contributed by atoms with Crippen molar-refractivity contribution in [1.82, 2.24) is 24.0 Å². The summed E-state index contributed by atoms with van der Waals surface area (Å²) in [5, 5.41) is 13.8. The molecule has 0 unspecified atom stereocenters. The van der Waals surface area contributed by atoms with E-state index in [2.05, 4.69) is 31.0 Å². The number of nitrogens with one attached hydrogen (secondary N) is 1. The number of nitrogens with zero attached hydrogens (tertiary/aromatic N) is 7. The summed E-state index contributed by atoms with van der Waals surface area (Å²) in [6, 6.07) is 9.19. The first-order valence-corrected chi connectivity index (χ1v) is 17.1. The van der Waals surface area contributed by atoms with Crippen LogP contribution in [-0.4, -0.2) is 92.4 Å². The van der Waals surface area contributed by atoms with Crippen molar-refractivity contribution >= 4 is 28.9 Å². The number of halogens is 2. The van der Waals surface area contributed by atoms with Gasteiger partial charge in [-0.15, -0.1) is 6.42 Å². The third-order valence-electron chi connectivity index (χ3n) is 10.5. The summed E-state index contributed by atoms with van der Waals surface area (Å²) in [6.07, 6.45) is 10.5. The van der Waals surface area contributed by atoms with Crippen LogP contribution < -0.4 is 20.7 Å². The van der Waals surface area contributed by atoms with E-state index in [1.807, 2.05) is 12.1 Å². The quantitative estimate of drug-likeness (QED) is 0.281. The summed E-state index contributed by atoms with van der Waals surface area (Å²) in [5.74, 6) is 0.509. The molecule has 1 aliphatic carbocycles. The summed E-state index contributed by atoms with van der Waals surface area (Å²) in [4.78, 5) is 42.2. The number of carbonyl (C=O) groups excluding carboxylic acids is 1. The molecule has 4 aliphatic rings. The van der Waals surface area contributed by atoms with Crippen molar-refractivity contribution in [2.24, 2.45) is 7.05 Å². The minimum Gasteiger partial charge on any atom is -0.392 e. The zero-order valence-electron chi connectivity index (χ0n) is 28.2. The molecule has 0 bridgehead atoms. The molecule has 4 aromatic rings. The van der Waals surface area contributed by atoms with Crippen LogP contribution in [-0.2, 0) is 37.8 Å². The van der Waals surface area contributed by atoms with Crippen LogP contribution in [0.4, 0.5) is 31.8 Å². The van der Waals surface area contributed by atoms with Gasteiger partial charge in [0.2, 0.25) is 0 Å². The number of anilines is 4. The summed E-state index contributed by atoms with van der Waals surface area (Å²) in [5.41, 5.74) is 4.12. The molecule has 3 aliphatic heterocycles. The summed E-state index contributed by atoms with van der Waals surface area (Å²) in [6.45, 7) is 3.99. The first kappa shape index (κ1) is 33.1. The van der Waals surface area contributed by atoms with Crippen LogP contribution in [0.2, 0.25) is 0 Å². The van der Waals surface area contributed by atoms with Gasteiger partial charge in [-0.2, -0.15) is 0 Å². The van der Waals surface area contributed by atoms with Gasteiger partial charge >= 0.3 is 0 Å². The van der Waals surface area contributed by atoms with Gasteiger partial charge in [0.1, 0.15) is 29.1 Å². The van der Waals surface area contributed by atoms with Gasteiger partial charge in [0.25, 0.3) is 17.4 Å². The summed E-state index contributed by atoms with van der Waals surface area (Å²) >= 11 is 0. The number of alkyl halides is 2. The second-order valence-corrected chi connectivity index (χ2v) is 13.6. The van der Waals surface area contributed by atoms with Gasteiger partial charge < -0.3 is 29.2 Å². The average molecular weight is 697 g/mol. The van der Waals surface area contributed by atoms with E-state index in [1.165, 1.54) is 9.47 Å². The third kappa shape index (κ3) is 5.94. The topological polar surface area (TPSA) is 121 Å². The predicted octanol–water partition coefficient (Wildman–Crippen LogP) is 3.19. The zero-order chi connectivity index (χ0) is 35.4. The molecule has 1 atom stereocenters. The molecule has 0 aromatic carbocycles. The number of fused-ring (bicyclic) bond motifs is 3. The van der Waals surface area contributed by atoms with Crippen molar-refractivity contribution in [1.29, 1.82) is 0 Å². The maximum atomic E-state index is 14.2. The Morgan fingerprint density at radius 2 is 1.96 bits per heavy atom. The monoisotopic (exact) mass is 696 g/mol. The molecular formula is C37H38F2N8O4. The van der Waals surface area contributed by atoms with Crippen molar-refractivity contribution in [2.75, 3.05) is 54.5 Å². The SMILES string of the molecule is C#C[C@H]1CN(C2COC2)CCN1c1ccc(Nc2cc(-c3ccnc(N4CCn5c(cc6c5CC(F)(F)CC6)C4=O)c3CO)cn(C)c2=O)nc1. The van der Waals surface area contributed by atoms with E-state index in [1.54, 1.807) is 48.4 Å². The number of aliphatic hydroxyl groups excluding tert-OH is 1. The average Bonchev–Trinajstić information content (AvgIpc) is 3.47. The Morgan fingerprint density at radius 3 is 2.69 bits per heavy atom. The van der Waals surface area contributed by atoms with E-state index < -0.39 is 12.5 Å². The lowest BCUT2D eigenvalue weighted by molar-refractivity contribution is -0.0680. The number of rotatable bonds is 7. The Kier molecular flexibility index (Phi) is 8.36. The molecule has 2 fully saturated rings. The minimum atomic E-state index is -2.79. The standard InChI is InChI=1S/C37H38F2N8O4/c1-3-25-19-44(27-21-51-22-27)10-11-45(25)26-4-5-33(41-17-26)42-30-14-24(18-43(2)35(30)49)28-7-9-40-34(29(28)20-48)47-13-12-46-31(36(47)50)15-23-6-8-37(38,39)16-32(23)46/h1,4-5,7,9,14-15,17-18,25,27,48H,6,8,10-13,16,19-22H2,2H3,(H,41,42)/t25-/m0/s1. The molecule has 14 heteroatoms. The highest BCUT2D eigenvalue weighted by Gasteiger charge is 2.40. The van der Waals surface area contributed by atoms with E-state index in [0.29, 0.717) is 46.5 Å². The van der Waals surface area contributed by atoms with E-state index in [9.17, 15) is 23.5 Å². The zero-order valence-corrected chi connectivity index (χ0v) is 28.2. The smallest absolute Gasteiger partial charge is 0.276 e. The number of piperazine rings is 1.